The molecule has 2 rings (SSSR count). The lowest BCUT2D eigenvalue weighted by atomic mass is 10.2. The number of aromatic nitrogens is 2. The molecular weight excluding hydrogens is 300 g/mol. The molecule has 1 aromatic carbocycles. The molecule has 1 N–H and O–H groups in total. The van der Waals surface area contributed by atoms with Crippen LogP contribution in [0.1, 0.15) is 29.8 Å². The summed E-state index contributed by atoms with van der Waals surface area (Å²) in [6, 6.07) is 5.64. The molecule has 0 saturated carbocycles. The number of halogens is 1. The summed E-state index contributed by atoms with van der Waals surface area (Å²) < 4.78 is 0. The van der Waals surface area contributed by atoms with Gasteiger partial charge in [0.25, 0.3) is 5.91 Å². The van der Waals surface area contributed by atoms with Gasteiger partial charge in [0.2, 0.25) is 5.95 Å². The van der Waals surface area contributed by atoms with E-state index in [0.717, 1.165) is 11.3 Å². The molecule has 0 spiro atoms. The Morgan fingerprint density at radius 1 is 1.23 bits per heavy atom. The molecule has 0 unspecified atom stereocenters. The monoisotopic (exact) mass is 318 g/mol. The van der Waals surface area contributed by atoms with E-state index in [9.17, 15) is 4.79 Å². The molecule has 0 bridgehead atoms. The van der Waals surface area contributed by atoms with Crippen molar-refractivity contribution in [2.45, 2.75) is 20.8 Å². The van der Waals surface area contributed by atoms with Crippen LogP contribution in [0.25, 0.3) is 0 Å². The number of carbonyl (C=O) groups is 1. The van der Waals surface area contributed by atoms with E-state index in [0.29, 0.717) is 29.6 Å². The molecule has 0 aliphatic carbocycles. The second-order valence-corrected chi connectivity index (χ2v) is 5.27. The molecule has 6 heteroatoms. The van der Waals surface area contributed by atoms with Crippen LogP contribution in [0.2, 0.25) is 5.02 Å². The van der Waals surface area contributed by atoms with Crippen molar-refractivity contribution in [3.63, 3.8) is 0 Å². The van der Waals surface area contributed by atoms with Crippen molar-refractivity contribution >= 4 is 29.1 Å². The predicted octanol–water partition coefficient (Wildman–Crippen LogP) is 3.66. The molecule has 1 amide bonds. The van der Waals surface area contributed by atoms with Gasteiger partial charge in [-0.3, -0.25) is 4.79 Å². The molecule has 0 saturated heterocycles. The van der Waals surface area contributed by atoms with Crippen molar-refractivity contribution in [2.24, 2.45) is 0 Å². The van der Waals surface area contributed by atoms with Gasteiger partial charge in [-0.05, 0) is 38.5 Å². The van der Waals surface area contributed by atoms with Crippen LogP contribution in [0.3, 0.4) is 0 Å². The molecule has 0 aliphatic heterocycles. The first-order valence-electron chi connectivity index (χ1n) is 7.19. The van der Waals surface area contributed by atoms with Crippen molar-refractivity contribution < 1.29 is 4.79 Å². The lowest BCUT2D eigenvalue weighted by Crippen LogP contribution is -2.30. The molecule has 2 aromatic rings. The first-order valence-corrected chi connectivity index (χ1v) is 7.57. The minimum Gasteiger partial charge on any atom is -0.339 e. The Hall–Kier alpha value is -2.14. The average molecular weight is 319 g/mol. The maximum atomic E-state index is 12.2. The maximum Gasteiger partial charge on any atom is 0.256 e. The Labute approximate surface area is 135 Å². The number of nitrogens with zero attached hydrogens (tertiary/aromatic N) is 3. The fourth-order valence-corrected chi connectivity index (χ4v) is 2.18. The fourth-order valence-electron chi connectivity index (χ4n) is 2.00. The SMILES string of the molecule is CCN(CC)C(=O)c1cnc(Nc2ccc(C)c(Cl)c2)nc1. The molecule has 0 atom stereocenters. The highest BCUT2D eigenvalue weighted by Gasteiger charge is 2.13. The lowest BCUT2D eigenvalue weighted by Gasteiger charge is -2.18. The van der Waals surface area contributed by atoms with Crippen molar-refractivity contribution in [1.29, 1.82) is 0 Å². The van der Waals surface area contributed by atoms with Gasteiger partial charge in [-0.15, -0.1) is 0 Å². The van der Waals surface area contributed by atoms with Gasteiger partial charge in [0.1, 0.15) is 0 Å². The summed E-state index contributed by atoms with van der Waals surface area (Å²) >= 11 is 6.08. The van der Waals surface area contributed by atoms with E-state index in [1.165, 1.54) is 12.4 Å². The topological polar surface area (TPSA) is 58.1 Å². The Morgan fingerprint density at radius 3 is 2.41 bits per heavy atom. The van der Waals surface area contributed by atoms with Crippen molar-refractivity contribution in [3.05, 3.63) is 46.7 Å². The van der Waals surface area contributed by atoms with Gasteiger partial charge in [0.15, 0.2) is 0 Å². The smallest absolute Gasteiger partial charge is 0.256 e. The van der Waals surface area contributed by atoms with Gasteiger partial charge in [0.05, 0.1) is 5.56 Å². The summed E-state index contributed by atoms with van der Waals surface area (Å²) in [6.45, 7) is 7.16. The van der Waals surface area contributed by atoms with Gasteiger partial charge < -0.3 is 10.2 Å². The Kier molecular flexibility index (Phi) is 5.33. The molecule has 1 aromatic heterocycles. The van der Waals surface area contributed by atoms with Crippen LogP contribution in [0.5, 0.6) is 0 Å². The number of hydrogen-bond donors (Lipinski definition) is 1. The van der Waals surface area contributed by atoms with E-state index in [2.05, 4.69) is 15.3 Å². The predicted molar refractivity (Wildman–Crippen MR) is 88.8 cm³/mol. The number of carbonyl (C=O) groups excluding carboxylic acids is 1. The Bertz CT molecular complexity index is 654. The lowest BCUT2D eigenvalue weighted by molar-refractivity contribution is 0.0772. The summed E-state index contributed by atoms with van der Waals surface area (Å²) in [5.74, 6) is 0.367. The highest BCUT2D eigenvalue weighted by Crippen LogP contribution is 2.21. The highest BCUT2D eigenvalue weighted by molar-refractivity contribution is 6.31. The van der Waals surface area contributed by atoms with Crippen LogP contribution in [0, 0.1) is 6.92 Å². The summed E-state index contributed by atoms with van der Waals surface area (Å²) in [5.41, 5.74) is 2.29. The second kappa shape index (κ2) is 7.22. The standard InChI is InChI=1S/C16H19ClN4O/c1-4-21(5-2)15(22)12-9-18-16(19-10-12)20-13-7-6-11(3)14(17)8-13/h6-10H,4-5H2,1-3H3,(H,18,19,20). The summed E-state index contributed by atoms with van der Waals surface area (Å²) in [4.78, 5) is 22.3. The van der Waals surface area contributed by atoms with Crippen LogP contribution in [0.15, 0.2) is 30.6 Å². The number of aryl methyl sites for hydroxylation is 1. The number of nitrogens with one attached hydrogen (secondary N) is 1. The zero-order chi connectivity index (χ0) is 16.1. The second-order valence-electron chi connectivity index (χ2n) is 4.86. The van der Waals surface area contributed by atoms with Gasteiger partial charge in [-0.2, -0.15) is 0 Å². The molecule has 0 fully saturated rings. The van der Waals surface area contributed by atoms with E-state index in [1.54, 1.807) is 4.90 Å². The fraction of sp³-hybridized carbons (Fsp3) is 0.312. The maximum absolute atomic E-state index is 12.2. The molecule has 1 heterocycles. The van der Waals surface area contributed by atoms with Crippen LogP contribution >= 0.6 is 11.6 Å². The zero-order valence-electron chi connectivity index (χ0n) is 12.9. The van der Waals surface area contributed by atoms with Gasteiger partial charge in [-0.25, -0.2) is 9.97 Å². The van der Waals surface area contributed by atoms with Crippen LogP contribution < -0.4 is 5.32 Å². The first kappa shape index (κ1) is 16.2. The molecule has 22 heavy (non-hydrogen) atoms. The third-order valence-corrected chi connectivity index (χ3v) is 3.78. The zero-order valence-corrected chi connectivity index (χ0v) is 13.7. The van der Waals surface area contributed by atoms with Gasteiger partial charge >= 0.3 is 0 Å². The summed E-state index contributed by atoms with van der Waals surface area (Å²) in [5, 5.41) is 3.74. The number of amides is 1. The molecule has 0 aliphatic rings. The van der Waals surface area contributed by atoms with E-state index < -0.39 is 0 Å². The van der Waals surface area contributed by atoms with E-state index in [1.807, 2.05) is 39.0 Å². The van der Waals surface area contributed by atoms with Crippen LogP contribution in [-0.4, -0.2) is 33.9 Å². The van der Waals surface area contributed by atoms with E-state index in [4.69, 9.17) is 11.6 Å². The third-order valence-electron chi connectivity index (χ3n) is 3.38. The molecular formula is C16H19ClN4O. The van der Waals surface area contributed by atoms with Crippen LogP contribution in [-0.2, 0) is 0 Å². The molecule has 5 nitrogen and oxygen atoms in total. The largest absolute Gasteiger partial charge is 0.339 e. The number of anilines is 2. The minimum atomic E-state index is -0.0602. The van der Waals surface area contributed by atoms with Gasteiger partial charge in [0, 0.05) is 36.2 Å². The molecule has 116 valence electrons. The Morgan fingerprint density at radius 2 is 1.86 bits per heavy atom. The quantitative estimate of drug-likeness (QED) is 0.914. The normalized spacial score (nSPS) is 10.4. The summed E-state index contributed by atoms with van der Waals surface area (Å²) in [6.07, 6.45) is 3.07. The third kappa shape index (κ3) is 3.74. The minimum absolute atomic E-state index is 0.0602. The summed E-state index contributed by atoms with van der Waals surface area (Å²) in [7, 11) is 0. The average Bonchev–Trinajstić information content (AvgIpc) is 2.53. The number of rotatable bonds is 5. The van der Waals surface area contributed by atoms with Crippen molar-refractivity contribution in [1.82, 2.24) is 14.9 Å². The van der Waals surface area contributed by atoms with Crippen molar-refractivity contribution in [3.8, 4) is 0 Å². The van der Waals surface area contributed by atoms with E-state index in [-0.39, 0.29) is 5.91 Å². The highest BCUT2D eigenvalue weighted by atomic mass is 35.5. The number of hydrogen-bond acceptors (Lipinski definition) is 4. The molecule has 0 radical (unpaired) electrons. The number of benzene rings is 1. The Balaban J connectivity index is 2.11. The van der Waals surface area contributed by atoms with Gasteiger partial charge in [-0.1, -0.05) is 17.7 Å². The van der Waals surface area contributed by atoms with E-state index >= 15 is 0 Å². The first-order chi connectivity index (χ1) is 10.5. The van der Waals surface area contributed by atoms with Crippen LogP contribution in [0.4, 0.5) is 11.6 Å². The van der Waals surface area contributed by atoms with Crippen molar-refractivity contribution in [2.75, 3.05) is 18.4 Å².